The van der Waals surface area contributed by atoms with Gasteiger partial charge in [-0.2, -0.15) is 4.37 Å². The fraction of sp³-hybridized carbons (Fsp3) is 0.435. The third kappa shape index (κ3) is 3.31. The summed E-state index contributed by atoms with van der Waals surface area (Å²) in [6, 6.07) is 17.4. The summed E-state index contributed by atoms with van der Waals surface area (Å²) in [7, 11) is 0. The number of unbranched alkanes of at least 4 members (excludes halogenated alkanes) is 1. The first-order valence-corrected chi connectivity index (χ1v) is 10.9. The van der Waals surface area contributed by atoms with Crippen LogP contribution in [0, 0.1) is 0 Å². The fourth-order valence-electron chi connectivity index (χ4n) is 4.68. The minimum atomic E-state index is -0.00734. The van der Waals surface area contributed by atoms with E-state index >= 15 is 0 Å². The lowest BCUT2D eigenvalue weighted by Crippen LogP contribution is -2.42. The minimum absolute atomic E-state index is 0.00734. The highest BCUT2D eigenvalue weighted by Crippen LogP contribution is 2.43. The summed E-state index contributed by atoms with van der Waals surface area (Å²) in [5.41, 5.74) is 4.11. The summed E-state index contributed by atoms with van der Waals surface area (Å²) in [4.78, 5) is 2.62. The van der Waals surface area contributed by atoms with Crippen molar-refractivity contribution in [3.05, 3.63) is 65.4 Å². The predicted octanol–water partition coefficient (Wildman–Crippen LogP) is 5.14. The van der Waals surface area contributed by atoms with Crippen molar-refractivity contribution < 1.29 is 4.74 Å². The van der Waals surface area contributed by atoms with E-state index in [2.05, 4.69) is 57.8 Å². The van der Waals surface area contributed by atoms with Gasteiger partial charge in [0.25, 0.3) is 0 Å². The number of fused-ring (bicyclic) bond motifs is 3. The summed E-state index contributed by atoms with van der Waals surface area (Å²) in [5, 5.41) is 1.35. The summed E-state index contributed by atoms with van der Waals surface area (Å²) < 4.78 is 12.3. The molecule has 140 valence electrons. The monoisotopic (exact) mass is 378 g/mol. The van der Waals surface area contributed by atoms with E-state index in [1.165, 1.54) is 46.3 Å². The molecule has 0 saturated carbocycles. The second kappa shape index (κ2) is 7.34. The van der Waals surface area contributed by atoms with Crippen molar-refractivity contribution in [3.8, 4) is 0 Å². The van der Waals surface area contributed by atoms with Crippen molar-refractivity contribution in [1.29, 1.82) is 0 Å². The van der Waals surface area contributed by atoms with Crippen molar-refractivity contribution in [2.75, 3.05) is 19.6 Å². The molecule has 3 nitrogen and oxygen atoms in total. The van der Waals surface area contributed by atoms with Gasteiger partial charge in [0.1, 0.15) is 0 Å². The van der Waals surface area contributed by atoms with Gasteiger partial charge in [-0.05, 0) is 67.4 Å². The molecule has 3 heterocycles. The predicted molar refractivity (Wildman–Crippen MR) is 111 cm³/mol. The molecular weight excluding hydrogens is 352 g/mol. The molecule has 3 aromatic rings. The van der Waals surface area contributed by atoms with E-state index in [9.17, 15) is 0 Å². The van der Waals surface area contributed by atoms with Crippen LogP contribution in [0.5, 0.6) is 0 Å². The van der Waals surface area contributed by atoms with Gasteiger partial charge in [-0.3, -0.25) is 0 Å². The summed E-state index contributed by atoms with van der Waals surface area (Å²) in [5.74, 6) is 0. The van der Waals surface area contributed by atoms with Crippen LogP contribution < -0.4 is 0 Å². The fourth-order valence-corrected chi connectivity index (χ4v) is 5.50. The molecule has 5 rings (SSSR count). The molecule has 0 atom stereocenters. The van der Waals surface area contributed by atoms with Crippen LogP contribution in [0.1, 0.15) is 42.5 Å². The maximum absolute atomic E-state index is 6.28. The highest BCUT2D eigenvalue weighted by molar-refractivity contribution is 7.13. The number of rotatable bonds is 5. The number of hydrogen-bond donors (Lipinski definition) is 0. The van der Waals surface area contributed by atoms with Crippen LogP contribution in [0.25, 0.3) is 10.1 Å². The molecule has 2 aliphatic heterocycles. The highest BCUT2D eigenvalue weighted by atomic mass is 32.1. The topological polar surface area (TPSA) is 25.4 Å². The van der Waals surface area contributed by atoms with Crippen LogP contribution >= 0.6 is 11.5 Å². The van der Waals surface area contributed by atoms with Crippen LogP contribution in [0.4, 0.5) is 0 Å². The van der Waals surface area contributed by atoms with Crippen LogP contribution in [-0.4, -0.2) is 28.9 Å². The van der Waals surface area contributed by atoms with E-state index in [1.54, 1.807) is 11.5 Å². The van der Waals surface area contributed by atoms with Crippen molar-refractivity contribution in [2.45, 2.75) is 44.3 Å². The molecule has 0 unspecified atom stereocenters. The lowest BCUT2D eigenvalue weighted by atomic mass is 9.84. The molecule has 4 heteroatoms. The smallest absolute Gasteiger partial charge is 0.0963 e. The average molecular weight is 379 g/mol. The molecule has 0 bridgehead atoms. The van der Waals surface area contributed by atoms with Gasteiger partial charge in [-0.1, -0.05) is 42.5 Å². The molecule has 1 spiro atoms. The summed E-state index contributed by atoms with van der Waals surface area (Å²) in [6.07, 6.45) is 5.81. The number of aromatic nitrogens is 1. The molecule has 1 saturated heterocycles. The Bertz CT molecular complexity index is 927. The summed E-state index contributed by atoms with van der Waals surface area (Å²) >= 11 is 1.63. The Morgan fingerprint density at radius 1 is 1.00 bits per heavy atom. The van der Waals surface area contributed by atoms with Gasteiger partial charge >= 0.3 is 0 Å². The van der Waals surface area contributed by atoms with Gasteiger partial charge < -0.3 is 9.64 Å². The van der Waals surface area contributed by atoms with Crippen molar-refractivity contribution in [3.63, 3.8) is 0 Å². The zero-order valence-corrected chi connectivity index (χ0v) is 16.5. The number of aryl methyl sites for hydroxylation is 1. The maximum Gasteiger partial charge on any atom is 0.0963 e. The molecule has 1 aromatic heterocycles. The molecule has 0 radical (unpaired) electrons. The lowest BCUT2D eigenvalue weighted by Gasteiger charge is -2.39. The third-order valence-corrected chi connectivity index (χ3v) is 7.13. The first kappa shape index (κ1) is 17.4. The Labute approximate surface area is 165 Å². The Morgan fingerprint density at radius 3 is 2.74 bits per heavy atom. The van der Waals surface area contributed by atoms with E-state index in [1.807, 2.05) is 0 Å². The zero-order valence-electron chi connectivity index (χ0n) is 15.7. The van der Waals surface area contributed by atoms with Crippen molar-refractivity contribution in [2.24, 2.45) is 0 Å². The van der Waals surface area contributed by atoms with Crippen LogP contribution in [0.15, 0.2) is 48.5 Å². The molecule has 27 heavy (non-hydrogen) atoms. The van der Waals surface area contributed by atoms with Crippen LogP contribution in [-0.2, 0) is 23.4 Å². The number of hydrogen-bond acceptors (Lipinski definition) is 4. The number of likely N-dealkylation sites (tertiary alicyclic amines) is 1. The number of ether oxygens (including phenoxy) is 1. The van der Waals surface area contributed by atoms with E-state index in [0.717, 1.165) is 39.0 Å². The quantitative estimate of drug-likeness (QED) is 0.575. The molecule has 0 N–H and O–H groups in total. The Morgan fingerprint density at radius 2 is 1.81 bits per heavy atom. The lowest BCUT2D eigenvalue weighted by molar-refractivity contribution is -0.0788. The third-order valence-electron chi connectivity index (χ3n) is 6.27. The average Bonchev–Trinajstić information content (AvgIpc) is 3.29. The van der Waals surface area contributed by atoms with Gasteiger partial charge in [0.15, 0.2) is 0 Å². The van der Waals surface area contributed by atoms with Gasteiger partial charge in [0.2, 0.25) is 0 Å². The SMILES string of the molecule is c1ccc2c(c1)COC21CCN(CCCCc2nsc3ccccc23)CC1. The first-order chi connectivity index (χ1) is 13.3. The minimum Gasteiger partial charge on any atom is -0.365 e. The number of piperidine rings is 1. The largest absolute Gasteiger partial charge is 0.365 e. The van der Waals surface area contributed by atoms with E-state index in [0.29, 0.717) is 0 Å². The van der Waals surface area contributed by atoms with E-state index in [4.69, 9.17) is 4.74 Å². The molecule has 2 aliphatic rings. The molecule has 0 aliphatic carbocycles. The molecule has 1 fully saturated rings. The second-order valence-corrected chi connectivity index (χ2v) is 8.67. The Hall–Kier alpha value is -1.75. The van der Waals surface area contributed by atoms with Gasteiger partial charge in [-0.15, -0.1) is 0 Å². The van der Waals surface area contributed by atoms with Gasteiger partial charge in [0.05, 0.1) is 22.6 Å². The van der Waals surface area contributed by atoms with Crippen LogP contribution in [0.2, 0.25) is 0 Å². The van der Waals surface area contributed by atoms with E-state index in [-0.39, 0.29) is 5.60 Å². The maximum atomic E-state index is 6.28. The van der Waals surface area contributed by atoms with Crippen molar-refractivity contribution in [1.82, 2.24) is 9.27 Å². The molecule has 0 amide bonds. The summed E-state index contributed by atoms with van der Waals surface area (Å²) in [6.45, 7) is 4.28. The van der Waals surface area contributed by atoms with Gasteiger partial charge in [0, 0.05) is 18.5 Å². The van der Waals surface area contributed by atoms with E-state index < -0.39 is 0 Å². The number of benzene rings is 2. The highest BCUT2D eigenvalue weighted by Gasteiger charge is 2.42. The normalized spacial score (nSPS) is 19.0. The number of nitrogens with zero attached hydrogens (tertiary/aromatic N) is 2. The second-order valence-electron chi connectivity index (χ2n) is 7.86. The van der Waals surface area contributed by atoms with Crippen molar-refractivity contribution >= 4 is 21.6 Å². The van der Waals surface area contributed by atoms with Gasteiger partial charge in [-0.25, -0.2) is 0 Å². The Kier molecular flexibility index (Phi) is 4.72. The standard InChI is InChI=1S/C23H26N2OS/c1-3-9-20-18(7-1)17-26-23(20)12-15-25(16-13-23)14-6-5-10-21-19-8-2-4-11-22(19)27-24-21/h1-4,7-9,11H,5-6,10,12-17H2. The Balaban J connectivity index is 1.11. The molecule has 2 aromatic carbocycles. The van der Waals surface area contributed by atoms with Crippen LogP contribution in [0.3, 0.4) is 0 Å². The molecular formula is C23H26N2OS. The first-order valence-electron chi connectivity index (χ1n) is 10.1. The zero-order chi connectivity index (χ0) is 18.1.